The highest BCUT2D eigenvalue weighted by molar-refractivity contribution is 5.89. The molecule has 0 aromatic heterocycles. The molecule has 0 aliphatic rings. The highest BCUT2D eigenvalue weighted by Crippen LogP contribution is 2.18. The van der Waals surface area contributed by atoms with Gasteiger partial charge in [-0.05, 0) is 43.9 Å². The molecule has 0 bridgehead atoms. The zero-order chi connectivity index (χ0) is 15.9. The van der Waals surface area contributed by atoms with Crippen LogP contribution in [0.4, 0.5) is 14.9 Å². The second-order valence-corrected chi connectivity index (χ2v) is 5.24. The van der Waals surface area contributed by atoms with Crippen LogP contribution in [-0.4, -0.2) is 31.6 Å². The molecule has 0 aliphatic carbocycles. The summed E-state index contributed by atoms with van der Waals surface area (Å²) in [6, 6.07) is 15.3. The van der Waals surface area contributed by atoms with Crippen LogP contribution in [0.5, 0.6) is 0 Å². The lowest BCUT2D eigenvalue weighted by Gasteiger charge is -2.25. The van der Waals surface area contributed by atoms with Crippen LogP contribution in [-0.2, 0) is 0 Å². The number of halogens is 1. The Morgan fingerprint density at radius 2 is 1.86 bits per heavy atom. The maximum atomic E-state index is 13.4. The summed E-state index contributed by atoms with van der Waals surface area (Å²) in [7, 11) is 3.79. The van der Waals surface area contributed by atoms with Gasteiger partial charge in [-0.25, -0.2) is 9.18 Å². The van der Waals surface area contributed by atoms with Gasteiger partial charge in [-0.1, -0.05) is 30.3 Å². The zero-order valence-corrected chi connectivity index (χ0v) is 12.7. The van der Waals surface area contributed by atoms with Gasteiger partial charge in [0.2, 0.25) is 0 Å². The second-order valence-electron chi connectivity index (χ2n) is 5.24. The van der Waals surface area contributed by atoms with Crippen molar-refractivity contribution in [1.29, 1.82) is 0 Å². The van der Waals surface area contributed by atoms with Gasteiger partial charge in [-0.15, -0.1) is 0 Å². The molecule has 0 saturated heterocycles. The summed E-state index contributed by atoms with van der Waals surface area (Å²) < 4.78 is 13.4. The number of benzene rings is 2. The average Bonchev–Trinajstić information content (AvgIpc) is 2.48. The fraction of sp³-hybridized carbons (Fsp3) is 0.235. The Morgan fingerprint density at radius 1 is 1.14 bits per heavy atom. The fourth-order valence-electron chi connectivity index (χ4n) is 2.20. The molecule has 1 atom stereocenters. The molecule has 0 spiro atoms. The normalized spacial score (nSPS) is 12.0. The van der Waals surface area contributed by atoms with E-state index < -0.39 is 0 Å². The van der Waals surface area contributed by atoms with Gasteiger partial charge in [-0.3, -0.25) is 0 Å². The smallest absolute Gasteiger partial charge is 0.319 e. The van der Waals surface area contributed by atoms with Crippen molar-refractivity contribution < 1.29 is 9.18 Å². The van der Waals surface area contributed by atoms with E-state index in [1.165, 1.54) is 12.1 Å². The topological polar surface area (TPSA) is 44.4 Å². The van der Waals surface area contributed by atoms with Crippen LogP contribution in [0.1, 0.15) is 11.6 Å². The highest BCUT2D eigenvalue weighted by atomic mass is 19.1. The Balaban J connectivity index is 1.96. The second kappa shape index (κ2) is 7.56. The summed E-state index contributed by atoms with van der Waals surface area (Å²) in [6.07, 6.45) is 0. The number of hydrogen-bond acceptors (Lipinski definition) is 2. The molecule has 0 fully saturated rings. The van der Waals surface area contributed by atoms with E-state index in [2.05, 4.69) is 10.6 Å². The van der Waals surface area contributed by atoms with Gasteiger partial charge < -0.3 is 15.5 Å². The van der Waals surface area contributed by atoms with Crippen molar-refractivity contribution in [1.82, 2.24) is 10.2 Å². The molecule has 0 heterocycles. The number of likely N-dealkylation sites (N-methyl/N-ethyl adjacent to an activating group) is 1. The van der Waals surface area contributed by atoms with Crippen LogP contribution < -0.4 is 10.6 Å². The van der Waals surface area contributed by atoms with E-state index in [0.717, 1.165) is 11.3 Å². The van der Waals surface area contributed by atoms with Crippen LogP contribution in [0.2, 0.25) is 0 Å². The van der Waals surface area contributed by atoms with Gasteiger partial charge in [0.15, 0.2) is 0 Å². The molecule has 2 aromatic rings. The number of nitrogens with one attached hydrogen (secondary N) is 2. The molecule has 2 N–H and O–H groups in total. The minimum Gasteiger partial charge on any atom is -0.336 e. The number of anilines is 1. The number of carbonyl (C=O) groups excluding carboxylic acids is 1. The number of amides is 2. The molecule has 0 radical (unpaired) electrons. The predicted molar refractivity (Wildman–Crippen MR) is 86.3 cm³/mol. The SMILES string of the molecule is CN(C)C(CNC(=O)Nc1ccccc1)c1cccc(F)c1. The molecule has 2 amide bonds. The van der Waals surface area contributed by atoms with Crippen molar-refractivity contribution >= 4 is 11.7 Å². The number of urea groups is 1. The van der Waals surface area contributed by atoms with E-state index in [-0.39, 0.29) is 17.9 Å². The molecule has 0 saturated carbocycles. The van der Waals surface area contributed by atoms with Gasteiger partial charge in [0.25, 0.3) is 0 Å². The third-order valence-corrected chi connectivity index (χ3v) is 3.34. The maximum absolute atomic E-state index is 13.4. The average molecular weight is 301 g/mol. The molecule has 4 nitrogen and oxygen atoms in total. The van der Waals surface area contributed by atoms with Crippen LogP contribution in [0, 0.1) is 5.82 Å². The first-order chi connectivity index (χ1) is 10.6. The lowest BCUT2D eigenvalue weighted by atomic mass is 10.1. The van der Waals surface area contributed by atoms with Crippen molar-refractivity contribution in [3.8, 4) is 0 Å². The quantitative estimate of drug-likeness (QED) is 0.890. The summed E-state index contributed by atoms with van der Waals surface area (Å²) in [5, 5.41) is 5.57. The minimum atomic E-state index is -0.283. The van der Waals surface area contributed by atoms with Gasteiger partial charge in [0.05, 0.1) is 6.04 Å². The van der Waals surface area contributed by atoms with Crippen molar-refractivity contribution in [2.75, 3.05) is 26.0 Å². The Labute approximate surface area is 129 Å². The van der Waals surface area contributed by atoms with Crippen molar-refractivity contribution in [2.45, 2.75) is 6.04 Å². The van der Waals surface area contributed by atoms with Crippen molar-refractivity contribution in [2.24, 2.45) is 0 Å². The summed E-state index contributed by atoms with van der Waals surface area (Å²) in [5.41, 5.74) is 1.55. The summed E-state index contributed by atoms with van der Waals surface area (Å²) in [4.78, 5) is 13.9. The summed E-state index contributed by atoms with van der Waals surface area (Å²) in [6.45, 7) is 0.384. The first kappa shape index (κ1) is 16.0. The third-order valence-electron chi connectivity index (χ3n) is 3.34. The Kier molecular flexibility index (Phi) is 5.49. The Hall–Kier alpha value is -2.40. The van der Waals surface area contributed by atoms with E-state index in [0.29, 0.717) is 6.54 Å². The van der Waals surface area contributed by atoms with Gasteiger partial charge in [0, 0.05) is 12.2 Å². The van der Waals surface area contributed by atoms with Crippen LogP contribution in [0.15, 0.2) is 54.6 Å². The molecule has 22 heavy (non-hydrogen) atoms. The number of carbonyl (C=O) groups is 1. The first-order valence-electron chi connectivity index (χ1n) is 7.08. The highest BCUT2D eigenvalue weighted by Gasteiger charge is 2.15. The lowest BCUT2D eigenvalue weighted by molar-refractivity contribution is 0.243. The number of hydrogen-bond donors (Lipinski definition) is 2. The van der Waals surface area contributed by atoms with E-state index in [1.807, 2.05) is 55.4 Å². The van der Waals surface area contributed by atoms with Gasteiger partial charge in [-0.2, -0.15) is 0 Å². The Bertz CT molecular complexity index is 616. The summed E-state index contributed by atoms with van der Waals surface area (Å²) in [5.74, 6) is -0.280. The number of nitrogens with zero attached hydrogens (tertiary/aromatic N) is 1. The third kappa shape index (κ3) is 4.56. The molecule has 2 aromatic carbocycles. The molecular weight excluding hydrogens is 281 g/mol. The predicted octanol–water partition coefficient (Wildman–Crippen LogP) is 3.25. The lowest BCUT2D eigenvalue weighted by Crippen LogP contribution is -2.36. The molecule has 0 aliphatic heterocycles. The summed E-state index contributed by atoms with van der Waals surface area (Å²) >= 11 is 0. The van der Waals surface area contributed by atoms with E-state index >= 15 is 0 Å². The maximum Gasteiger partial charge on any atom is 0.319 e. The van der Waals surface area contributed by atoms with Crippen molar-refractivity contribution in [3.63, 3.8) is 0 Å². The van der Waals surface area contributed by atoms with E-state index in [1.54, 1.807) is 6.07 Å². The van der Waals surface area contributed by atoms with Crippen LogP contribution in [0.3, 0.4) is 0 Å². The van der Waals surface area contributed by atoms with Gasteiger partial charge >= 0.3 is 6.03 Å². The number of rotatable bonds is 5. The van der Waals surface area contributed by atoms with Crippen LogP contribution in [0.25, 0.3) is 0 Å². The van der Waals surface area contributed by atoms with Crippen molar-refractivity contribution in [3.05, 3.63) is 66.0 Å². The minimum absolute atomic E-state index is 0.0998. The Morgan fingerprint density at radius 3 is 2.50 bits per heavy atom. The molecular formula is C17H20FN3O. The largest absolute Gasteiger partial charge is 0.336 e. The standard InChI is InChI=1S/C17H20FN3O/c1-21(2)16(13-7-6-8-14(18)11-13)12-19-17(22)20-15-9-4-3-5-10-15/h3-11,16H,12H2,1-2H3,(H2,19,20,22). The molecule has 1 unspecified atom stereocenters. The van der Waals surface area contributed by atoms with E-state index in [4.69, 9.17) is 0 Å². The molecule has 5 heteroatoms. The monoisotopic (exact) mass is 301 g/mol. The van der Waals surface area contributed by atoms with Gasteiger partial charge in [0.1, 0.15) is 5.82 Å². The molecule has 116 valence electrons. The van der Waals surface area contributed by atoms with Crippen LogP contribution >= 0.6 is 0 Å². The fourth-order valence-corrected chi connectivity index (χ4v) is 2.20. The molecule has 2 rings (SSSR count). The zero-order valence-electron chi connectivity index (χ0n) is 12.7. The number of para-hydroxylation sites is 1. The van der Waals surface area contributed by atoms with E-state index in [9.17, 15) is 9.18 Å². The first-order valence-corrected chi connectivity index (χ1v) is 7.08.